The zero-order valence-electron chi connectivity index (χ0n) is 11.4. The molecule has 20 heavy (non-hydrogen) atoms. The molecule has 0 saturated heterocycles. The Morgan fingerprint density at radius 3 is 2.65 bits per heavy atom. The van der Waals surface area contributed by atoms with Crippen molar-refractivity contribution in [2.75, 3.05) is 13.7 Å². The standard InChI is InChI=1S/C16H17NO3/c1-20-16(19)9-10-17-15(18)11-13-7-4-6-12-5-2-3-8-14(12)13/h2-8H,9-11H2,1H3,(H,17,18). The summed E-state index contributed by atoms with van der Waals surface area (Å²) in [4.78, 5) is 22.8. The van der Waals surface area contributed by atoms with E-state index in [0.29, 0.717) is 13.0 Å². The van der Waals surface area contributed by atoms with E-state index < -0.39 is 0 Å². The molecular weight excluding hydrogens is 254 g/mol. The topological polar surface area (TPSA) is 55.4 Å². The number of ether oxygens (including phenoxy) is 1. The zero-order chi connectivity index (χ0) is 14.4. The van der Waals surface area contributed by atoms with Crippen LogP contribution in [0.2, 0.25) is 0 Å². The summed E-state index contributed by atoms with van der Waals surface area (Å²) in [5, 5.41) is 4.92. The molecule has 0 aliphatic carbocycles. The van der Waals surface area contributed by atoms with E-state index in [1.165, 1.54) is 7.11 Å². The number of rotatable bonds is 5. The first-order valence-corrected chi connectivity index (χ1v) is 6.51. The molecule has 0 aliphatic heterocycles. The molecule has 0 fully saturated rings. The summed E-state index contributed by atoms with van der Waals surface area (Å²) >= 11 is 0. The summed E-state index contributed by atoms with van der Waals surface area (Å²) in [5.74, 6) is -0.416. The molecule has 0 atom stereocenters. The van der Waals surface area contributed by atoms with Gasteiger partial charge in [0.05, 0.1) is 20.0 Å². The molecule has 1 N–H and O–H groups in total. The van der Waals surface area contributed by atoms with Crippen LogP contribution in [0.3, 0.4) is 0 Å². The van der Waals surface area contributed by atoms with Crippen molar-refractivity contribution in [2.24, 2.45) is 0 Å². The van der Waals surface area contributed by atoms with Crippen LogP contribution >= 0.6 is 0 Å². The number of fused-ring (bicyclic) bond motifs is 1. The average Bonchev–Trinajstić information content (AvgIpc) is 2.47. The predicted molar refractivity (Wildman–Crippen MR) is 77.3 cm³/mol. The van der Waals surface area contributed by atoms with Gasteiger partial charge in [-0.1, -0.05) is 42.5 Å². The molecule has 0 heterocycles. The molecule has 1 amide bonds. The van der Waals surface area contributed by atoms with Crippen LogP contribution in [0.1, 0.15) is 12.0 Å². The van der Waals surface area contributed by atoms with Gasteiger partial charge in [0.25, 0.3) is 0 Å². The van der Waals surface area contributed by atoms with Gasteiger partial charge < -0.3 is 10.1 Å². The molecule has 0 unspecified atom stereocenters. The minimum absolute atomic E-state index is 0.0924. The van der Waals surface area contributed by atoms with Crippen LogP contribution in [-0.2, 0) is 20.7 Å². The fourth-order valence-corrected chi connectivity index (χ4v) is 2.09. The number of hydrogen-bond acceptors (Lipinski definition) is 3. The summed E-state index contributed by atoms with van der Waals surface area (Å²) in [5.41, 5.74) is 0.985. The molecule has 0 radical (unpaired) electrons. The van der Waals surface area contributed by atoms with Gasteiger partial charge in [-0.15, -0.1) is 0 Å². The van der Waals surface area contributed by atoms with E-state index >= 15 is 0 Å². The van der Waals surface area contributed by atoms with Crippen molar-refractivity contribution in [3.63, 3.8) is 0 Å². The number of esters is 1. The van der Waals surface area contributed by atoms with Crippen LogP contribution in [0.25, 0.3) is 10.8 Å². The molecular formula is C16H17NO3. The Labute approximate surface area is 117 Å². The Morgan fingerprint density at radius 2 is 1.85 bits per heavy atom. The fraction of sp³-hybridized carbons (Fsp3) is 0.250. The molecule has 0 saturated carbocycles. The van der Waals surface area contributed by atoms with Crippen LogP contribution in [0.15, 0.2) is 42.5 Å². The van der Waals surface area contributed by atoms with Gasteiger partial charge >= 0.3 is 5.97 Å². The third kappa shape index (κ3) is 3.57. The van der Waals surface area contributed by atoms with Crippen LogP contribution < -0.4 is 5.32 Å². The van der Waals surface area contributed by atoms with Crippen molar-refractivity contribution in [1.29, 1.82) is 0 Å². The molecule has 0 aliphatic rings. The largest absolute Gasteiger partial charge is 0.469 e. The lowest BCUT2D eigenvalue weighted by Gasteiger charge is -2.07. The highest BCUT2D eigenvalue weighted by Crippen LogP contribution is 2.18. The first-order chi connectivity index (χ1) is 9.70. The van der Waals surface area contributed by atoms with Crippen molar-refractivity contribution in [1.82, 2.24) is 5.32 Å². The van der Waals surface area contributed by atoms with Crippen LogP contribution in [0.4, 0.5) is 0 Å². The summed E-state index contributed by atoms with van der Waals surface area (Å²) < 4.78 is 4.52. The number of amides is 1. The Hall–Kier alpha value is -2.36. The SMILES string of the molecule is COC(=O)CCNC(=O)Cc1cccc2ccccc12. The Balaban J connectivity index is 1.98. The first kappa shape index (κ1) is 14.1. The highest BCUT2D eigenvalue weighted by atomic mass is 16.5. The molecule has 2 rings (SSSR count). The van der Waals surface area contributed by atoms with Gasteiger partial charge in [-0.3, -0.25) is 9.59 Å². The third-order valence-corrected chi connectivity index (χ3v) is 3.11. The van der Waals surface area contributed by atoms with Crippen molar-refractivity contribution < 1.29 is 14.3 Å². The summed E-state index contributed by atoms with van der Waals surface area (Å²) in [6.07, 6.45) is 0.500. The van der Waals surface area contributed by atoms with E-state index in [-0.39, 0.29) is 18.3 Å². The van der Waals surface area contributed by atoms with E-state index in [2.05, 4.69) is 10.1 Å². The van der Waals surface area contributed by atoms with Crippen molar-refractivity contribution in [3.8, 4) is 0 Å². The van der Waals surface area contributed by atoms with Gasteiger partial charge in [-0.25, -0.2) is 0 Å². The summed E-state index contributed by atoms with van der Waals surface area (Å²) in [6.45, 7) is 0.302. The van der Waals surface area contributed by atoms with E-state index in [1.807, 2.05) is 42.5 Å². The van der Waals surface area contributed by atoms with Crippen molar-refractivity contribution in [2.45, 2.75) is 12.8 Å². The molecule has 2 aromatic rings. The normalized spacial score (nSPS) is 10.2. The number of hydrogen-bond donors (Lipinski definition) is 1. The second-order valence-corrected chi connectivity index (χ2v) is 4.49. The number of carbonyl (C=O) groups is 2. The van der Waals surface area contributed by atoms with Gasteiger partial charge in [-0.05, 0) is 16.3 Å². The summed E-state index contributed by atoms with van der Waals surface area (Å²) in [6, 6.07) is 13.9. The molecule has 4 heteroatoms. The average molecular weight is 271 g/mol. The predicted octanol–water partition coefficient (Wildman–Crippen LogP) is 2.06. The minimum Gasteiger partial charge on any atom is -0.469 e. The maximum absolute atomic E-state index is 11.9. The van der Waals surface area contributed by atoms with Gasteiger partial charge in [0.2, 0.25) is 5.91 Å². The van der Waals surface area contributed by atoms with Gasteiger partial charge in [0.1, 0.15) is 0 Å². The highest BCUT2D eigenvalue weighted by Gasteiger charge is 2.07. The number of methoxy groups -OCH3 is 1. The van der Waals surface area contributed by atoms with E-state index in [1.54, 1.807) is 0 Å². The molecule has 4 nitrogen and oxygen atoms in total. The lowest BCUT2D eigenvalue weighted by atomic mass is 10.0. The van der Waals surface area contributed by atoms with Crippen molar-refractivity contribution in [3.05, 3.63) is 48.0 Å². The second kappa shape index (κ2) is 6.70. The van der Waals surface area contributed by atoms with Gasteiger partial charge in [-0.2, -0.15) is 0 Å². The Bertz CT molecular complexity index is 617. The Morgan fingerprint density at radius 1 is 1.10 bits per heavy atom. The molecule has 0 bridgehead atoms. The number of nitrogens with one attached hydrogen (secondary N) is 1. The van der Waals surface area contributed by atoms with Crippen LogP contribution in [0.5, 0.6) is 0 Å². The van der Waals surface area contributed by atoms with E-state index in [0.717, 1.165) is 16.3 Å². The number of carbonyl (C=O) groups excluding carboxylic acids is 2. The number of benzene rings is 2. The molecule has 2 aromatic carbocycles. The molecule has 104 valence electrons. The highest BCUT2D eigenvalue weighted by molar-refractivity contribution is 5.90. The van der Waals surface area contributed by atoms with Crippen LogP contribution in [-0.4, -0.2) is 25.5 Å². The fourth-order valence-electron chi connectivity index (χ4n) is 2.09. The monoisotopic (exact) mass is 271 g/mol. The second-order valence-electron chi connectivity index (χ2n) is 4.49. The third-order valence-electron chi connectivity index (χ3n) is 3.11. The quantitative estimate of drug-likeness (QED) is 0.847. The maximum atomic E-state index is 11.9. The first-order valence-electron chi connectivity index (χ1n) is 6.51. The van der Waals surface area contributed by atoms with Crippen molar-refractivity contribution >= 4 is 22.6 Å². The van der Waals surface area contributed by atoms with Crippen LogP contribution in [0, 0.1) is 0 Å². The maximum Gasteiger partial charge on any atom is 0.307 e. The smallest absolute Gasteiger partial charge is 0.307 e. The van der Waals surface area contributed by atoms with E-state index in [4.69, 9.17) is 0 Å². The molecule has 0 spiro atoms. The lowest BCUT2D eigenvalue weighted by Crippen LogP contribution is -2.27. The van der Waals surface area contributed by atoms with E-state index in [9.17, 15) is 9.59 Å². The van der Waals surface area contributed by atoms with Gasteiger partial charge in [0, 0.05) is 6.54 Å². The lowest BCUT2D eigenvalue weighted by molar-refractivity contribution is -0.140. The molecule has 0 aromatic heterocycles. The zero-order valence-corrected chi connectivity index (χ0v) is 11.4. The minimum atomic E-state index is -0.324. The van der Waals surface area contributed by atoms with Gasteiger partial charge in [0.15, 0.2) is 0 Å². The summed E-state index contributed by atoms with van der Waals surface area (Å²) in [7, 11) is 1.33. The Kier molecular flexibility index (Phi) is 4.71.